The van der Waals surface area contributed by atoms with Crippen LogP contribution in [0, 0.1) is 30.3 Å². The van der Waals surface area contributed by atoms with Gasteiger partial charge in [0.15, 0.2) is 11.6 Å². The van der Waals surface area contributed by atoms with Crippen LogP contribution >= 0.6 is 11.6 Å². The Balaban J connectivity index is 1.42. The lowest BCUT2D eigenvalue weighted by Crippen LogP contribution is -2.44. The molecule has 2 aromatic carbocycles. The summed E-state index contributed by atoms with van der Waals surface area (Å²) in [6, 6.07) is 7.42. The molecule has 8 nitrogen and oxygen atoms in total. The first-order chi connectivity index (χ1) is 20.3. The monoisotopic (exact) mass is 610 g/mol. The minimum absolute atomic E-state index is 0.0115. The molecule has 0 spiro atoms. The number of carbonyl (C=O) groups is 2. The molecule has 1 aliphatic carbocycles. The van der Waals surface area contributed by atoms with Crippen molar-refractivity contribution in [1.29, 1.82) is 0 Å². The molecule has 1 unspecified atom stereocenters. The Labute approximate surface area is 249 Å². The van der Waals surface area contributed by atoms with Crippen molar-refractivity contribution in [2.45, 2.75) is 37.7 Å². The number of ether oxygens (including phenoxy) is 1. The van der Waals surface area contributed by atoms with Crippen LogP contribution in [0.4, 0.5) is 13.2 Å². The lowest BCUT2D eigenvalue weighted by Gasteiger charge is -2.30. The number of hydrogen-bond acceptors (Lipinski definition) is 6. The third-order valence-electron chi connectivity index (χ3n) is 8.23. The number of rotatable bonds is 7. The van der Waals surface area contributed by atoms with Crippen LogP contribution in [0.5, 0.6) is 5.75 Å². The number of hydrogen-bond donors (Lipinski definition) is 3. The summed E-state index contributed by atoms with van der Waals surface area (Å²) in [7, 11) is 0. The molecule has 4 N–H and O–H groups in total. The lowest BCUT2D eigenvalue weighted by atomic mass is 9.81. The van der Waals surface area contributed by atoms with Crippen molar-refractivity contribution >= 4 is 34.3 Å². The highest BCUT2D eigenvalue weighted by Gasteiger charge is 2.50. The van der Waals surface area contributed by atoms with Gasteiger partial charge in [0, 0.05) is 34.3 Å². The SMILES string of the molecule is Cc1cnc2c(Cl)cc(C(=O)NCC(O)(c3cc4c(c(-c5cc(F)c(F)cc5F)n3)OC[C@]4(C)C(N)=O)C3CC3)cc2c1. The van der Waals surface area contributed by atoms with E-state index >= 15 is 4.39 Å². The molecule has 43 heavy (non-hydrogen) atoms. The van der Waals surface area contributed by atoms with Gasteiger partial charge in [0.05, 0.1) is 22.8 Å². The van der Waals surface area contributed by atoms with E-state index in [1.807, 2.05) is 13.0 Å². The molecule has 12 heteroatoms. The summed E-state index contributed by atoms with van der Waals surface area (Å²) >= 11 is 6.39. The zero-order valence-corrected chi connectivity index (χ0v) is 23.9. The fraction of sp³-hybridized carbons (Fsp3) is 0.290. The molecule has 0 saturated heterocycles. The number of nitrogens with one attached hydrogen (secondary N) is 1. The van der Waals surface area contributed by atoms with E-state index in [-0.39, 0.29) is 52.4 Å². The van der Waals surface area contributed by atoms with Gasteiger partial charge in [-0.1, -0.05) is 11.6 Å². The van der Waals surface area contributed by atoms with E-state index in [0.717, 1.165) is 5.56 Å². The Kier molecular flexibility index (Phi) is 6.85. The van der Waals surface area contributed by atoms with Crippen LogP contribution in [0.1, 0.15) is 46.9 Å². The quantitative estimate of drug-likeness (QED) is 0.257. The Bertz CT molecular complexity index is 1850. The van der Waals surface area contributed by atoms with Gasteiger partial charge < -0.3 is 20.9 Å². The van der Waals surface area contributed by atoms with Crippen molar-refractivity contribution in [2.24, 2.45) is 11.7 Å². The molecule has 6 rings (SSSR count). The van der Waals surface area contributed by atoms with E-state index in [2.05, 4.69) is 15.3 Å². The normalized spacial score (nSPS) is 19.0. The van der Waals surface area contributed by atoms with Crippen molar-refractivity contribution in [3.63, 3.8) is 0 Å². The number of aryl methyl sites for hydroxylation is 1. The van der Waals surface area contributed by atoms with Crippen LogP contribution in [-0.4, -0.2) is 40.0 Å². The Hall–Kier alpha value is -4.22. The highest BCUT2D eigenvalue weighted by molar-refractivity contribution is 6.35. The average Bonchev–Trinajstić information content (AvgIpc) is 3.76. The van der Waals surface area contributed by atoms with Crippen LogP contribution in [0.3, 0.4) is 0 Å². The molecule has 1 fully saturated rings. The summed E-state index contributed by atoms with van der Waals surface area (Å²) in [5.74, 6) is -5.50. The molecule has 2 atom stereocenters. The first-order valence-corrected chi connectivity index (χ1v) is 13.9. The maximum Gasteiger partial charge on any atom is 0.251 e. The fourth-order valence-electron chi connectivity index (χ4n) is 5.46. The second-order valence-electron chi connectivity index (χ2n) is 11.4. The molecule has 0 radical (unpaired) electrons. The Morgan fingerprint density at radius 3 is 2.56 bits per heavy atom. The van der Waals surface area contributed by atoms with E-state index in [9.17, 15) is 23.5 Å². The molecule has 2 aromatic heterocycles. The second kappa shape index (κ2) is 10.2. The van der Waals surface area contributed by atoms with Crippen molar-refractivity contribution < 1.29 is 32.6 Å². The number of amides is 2. The van der Waals surface area contributed by atoms with Gasteiger partial charge in [-0.25, -0.2) is 18.2 Å². The highest BCUT2D eigenvalue weighted by atomic mass is 35.5. The van der Waals surface area contributed by atoms with Gasteiger partial charge in [0.25, 0.3) is 5.91 Å². The largest absolute Gasteiger partial charge is 0.489 e. The summed E-state index contributed by atoms with van der Waals surface area (Å²) in [6.45, 7) is 2.87. The van der Waals surface area contributed by atoms with Gasteiger partial charge >= 0.3 is 0 Å². The third kappa shape index (κ3) is 4.86. The van der Waals surface area contributed by atoms with Crippen LogP contribution < -0.4 is 15.8 Å². The number of benzene rings is 2. The van der Waals surface area contributed by atoms with E-state index in [1.54, 1.807) is 12.3 Å². The smallest absolute Gasteiger partial charge is 0.251 e. The number of nitrogens with zero attached hydrogens (tertiary/aromatic N) is 2. The maximum atomic E-state index is 15.0. The molecular weight excluding hydrogens is 585 g/mol. The summed E-state index contributed by atoms with van der Waals surface area (Å²) in [4.78, 5) is 34.6. The van der Waals surface area contributed by atoms with Gasteiger partial charge in [-0.3, -0.25) is 14.6 Å². The van der Waals surface area contributed by atoms with E-state index in [0.29, 0.717) is 35.9 Å². The zero-order valence-electron chi connectivity index (χ0n) is 23.1. The van der Waals surface area contributed by atoms with E-state index in [1.165, 1.54) is 19.1 Å². The molecule has 2 aliphatic rings. The van der Waals surface area contributed by atoms with Crippen molar-refractivity contribution in [1.82, 2.24) is 15.3 Å². The summed E-state index contributed by atoms with van der Waals surface area (Å²) in [5.41, 5.74) is 3.73. The molecule has 2 amide bonds. The first kappa shape index (κ1) is 28.9. The predicted octanol–water partition coefficient (Wildman–Crippen LogP) is 4.84. The van der Waals surface area contributed by atoms with Gasteiger partial charge in [0.1, 0.15) is 34.9 Å². The third-order valence-corrected chi connectivity index (χ3v) is 8.52. The number of fused-ring (bicyclic) bond motifs is 2. The van der Waals surface area contributed by atoms with E-state index in [4.69, 9.17) is 22.1 Å². The summed E-state index contributed by atoms with van der Waals surface area (Å²) < 4.78 is 48.8. The Morgan fingerprint density at radius 2 is 1.86 bits per heavy atom. The zero-order chi connectivity index (χ0) is 30.8. The minimum Gasteiger partial charge on any atom is -0.489 e. The molecule has 1 saturated carbocycles. The summed E-state index contributed by atoms with van der Waals surface area (Å²) in [5, 5.41) is 15.8. The standard InChI is InChI=1S/C31H26ClF3N4O4/c1-14-5-15-6-16(7-20(32)25(15)37-11-14)28(40)38-12-31(42,17-3-4-17)24-9-19-27(43-13-30(19,2)29(36)41)26(39-24)18-8-22(34)23(35)10-21(18)33/h5-11,17,42H,3-4,12-13H2,1-2H3,(H2,36,41)(H,38,40)/t30-,31?/m0/s1. The topological polar surface area (TPSA) is 127 Å². The fourth-order valence-corrected chi connectivity index (χ4v) is 5.74. The van der Waals surface area contributed by atoms with Gasteiger partial charge in [-0.05, 0) is 68.5 Å². The Morgan fingerprint density at radius 1 is 1.14 bits per heavy atom. The molecule has 1 aliphatic heterocycles. The van der Waals surface area contributed by atoms with Crippen molar-refractivity contribution in [3.05, 3.63) is 87.5 Å². The number of nitrogens with two attached hydrogens (primary N) is 1. The molecular formula is C31H26ClF3N4O4. The number of halogens is 4. The van der Waals surface area contributed by atoms with Crippen LogP contribution in [0.2, 0.25) is 5.02 Å². The average molecular weight is 611 g/mol. The molecule has 3 heterocycles. The van der Waals surface area contributed by atoms with Crippen LogP contribution in [0.15, 0.2) is 42.6 Å². The van der Waals surface area contributed by atoms with Crippen LogP contribution in [-0.2, 0) is 15.8 Å². The van der Waals surface area contributed by atoms with Crippen molar-refractivity contribution in [3.8, 4) is 17.0 Å². The summed E-state index contributed by atoms with van der Waals surface area (Å²) in [6.07, 6.45) is 2.86. The van der Waals surface area contributed by atoms with Gasteiger partial charge in [-0.2, -0.15) is 0 Å². The number of pyridine rings is 2. The number of aromatic nitrogens is 2. The second-order valence-corrected chi connectivity index (χ2v) is 11.8. The molecule has 0 bridgehead atoms. The molecule has 4 aromatic rings. The first-order valence-electron chi connectivity index (χ1n) is 13.5. The van der Waals surface area contributed by atoms with Crippen LogP contribution in [0.25, 0.3) is 22.2 Å². The minimum atomic E-state index is -1.78. The van der Waals surface area contributed by atoms with Gasteiger partial charge in [0.2, 0.25) is 5.91 Å². The lowest BCUT2D eigenvalue weighted by molar-refractivity contribution is -0.123. The molecule has 222 valence electrons. The maximum absolute atomic E-state index is 15.0. The number of carbonyl (C=O) groups excluding carboxylic acids is 2. The number of primary amides is 1. The predicted molar refractivity (Wildman–Crippen MR) is 152 cm³/mol. The number of aliphatic hydroxyl groups is 1. The van der Waals surface area contributed by atoms with Gasteiger partial charge in [-0.15, -0.1) is 0 Å². The van der Waals surface area contributed by atoms with E-state index < -0.39 is 45.8 Å². The van der Waals surface area contributed by atoms with Crippen molar-refractivity contribution in [2.75, 3.05) is 13.2 Å². The highest BCUT2D eigenvalue weighted by Crippen LogP contribution is 2.50.